The van der Waals surface area contributed by atoms with Crippen molar-refractivity contribution < 1.29 is 9.53 Å². The predicted molar refractivity (Wildman–Crippen MR) is 122 cm³/mol. The number of nitriles is 1. The van der Waals surface area contributed by atoms with Crippen molar-refractivity contribution in [1.29, 1.82) is 5.26 Å². The molecule has 0 aliphatic heterocycles. The van der Waals surface area contributed by atoms with Gasteiger partial charge in [-0.3, -0.25) is 18.7 Å². The number of fused-ring (bicyclic) bond motifs is 1. The van der Waals surface area contributed by atoms with E-state index in [1.54, 1.807) is 67.1 Å². The maximum Gasteiger partial charge on any atom is 0.332 e. The molecule has 0 fully saturated rings. The van der Waals surface area contributed by atoms with Crippen LogP contribution in [0.2, 0.25) is 0 Å². The first-order valence-electron chi connectivity index (χ1n) is 9.64. The Morgan fingerprint density at radius 2 is 1.94 bits per heavy atom. The number of methoxy groups -OCH3 is 1. The predicted octanol–water partition coefficient (Wildman–Crippen LogP) is 2.79. The zero-order valence-electron chi connectivity index (χ0n) is 17.1. The van der Waals surface area contributed by atoms with Crippen molar-refractivity contribution in [2.75, 3.05) is 12.4 Å². The molecule has 160 valence electrons. The number of carbonyl (C=O) groups excluding carboxylic acids is 1. The van der Waals surface area contributed by atoms with Crippen molar-refractivity contribution in [3.8, 4) is 11.8 Å². The standard InChI is InChI=1S/C23H18N4O4S/c1-31-18-7-3-5-16(11-18)13-27-22(29)21-19(8-9-32-21)26(23(27)30)14-20(28)25-17-6-2-4-15(10-17)12-24/h2-11H,13-14H2,1H3,(H,25,28). The Balaban J connectivity index is 1.70. The van der Waals surface area contributed by atoms with E-state index in [1.165, 1.54) is 15.9 Å². The number of nitrogens with one attached hydrogen (secondary N) is 1. The number of carbonyl (C=O) groups is 1. The first kappa shape index (κ1) is 21.1. The molecule has 8 nitrogen and oxygen atoms in total. The molecule has 0 bridgehead atoms. The van der Waals surface area contributed by atoms with Crippen LogP contribution in [0, 0.1) is 11.3 Å². The van der Waals surface area contributed by atoms with Crippen LogP contribution in [0.4, 0.5) is 5.69 Å². The summed E-state index contributed by atoms with van der Waals surface area (Å²) in [5.74, 6) is 0.174. The number of anilines is 1. The number of ether oxygens (including phenoxy) is 1. The Hall–Kier alpha value is -4.16. The first-order valence-corrected chi connectivity index (χ1v) is 10.5. The highest BCUT2D eigenvalue weighted by atomic mass is 32.1. The molecule has 1 N–H and O–H groups in total. The van der Waals surface area contributed by atoms with Gasteiger partial charge in [-0.2, -0.15) is 5.26 Å². The summed E-state index contributed by atoms with van der Waals surface area (Å²) in [4.78, 5) is 38.9. The van der Waals surface area contributed by atoms with Crippen LogP contribution in [-0.2, 0) is 17.9 Å². The van der Waals surface area contributed by atoms with Gasteiger partial charge in [-0.1, -0.05) is 18.2 Å². The van der Waals surface area contributed by atoms with E-state index in [0.29, 0.717) is 27.2 Å². The van der Waals surface area contributed by atoms with Gasteiger partial charge in [-0.15, -0.1) is 11.3 Å². The van der Waals surface area contributed by atoms with Crippen LogP contribution < -0.4 is 21.3 Å². The zero-order valence-corrected chi connectivity index (χ0v) is 17.9. The molecule has 0 spiro atoms. The molecule has 9 heteroatoms. The molecule has 0 unspecified atom stereocenters. The maximum atomic E-state index is 13.2. The molecule has 4 aromatic rings. The number of thiophene rings is 1. The second-order valence-electron chi connectivity index (χ2n) is 6.99. The summed E-state index contributed by atoms with van der Waals surface area (Å²) in [5.41, 5.74) is 1.02. The summed E-state index contributed by atoms with van der Waals surface area (Å²) < 4.78 is 8.02. The van der Waals surface area contributed by atoms with E-state index in [2.05, 4.69) is 5.32 Å². The number of aromatic nitrogens is 2. The van der Waals surface area contributed by atoms with Gasteiger partial charge < -0.3 is 10.1 Å². The molecule has 2 aromatic carbocycles. The summed E-state index contributed by atoms with van der Waals surface area (Å²) in [6.45, 7) is -0.226. The number of hydrogen-bond donors (Lipinski definition) is 1. The van der Waals surface area contributed by atoms with Gasteiger partial charge in [0, 0.05) is 5.69 Å². The maximum absolute atomic E-state index is 13.2. The fourth-order valence-corrected chi connectivity index (χ4v) is 4.23. The lowest BCUT2D eigenvalue weighted by Gasteiger charge is -2.13. The first-order chi connectivity index (χ1) is 15.5. The lowest BCUT2D eigenvalue weighted by Crippen LogP contribution is -2.41. The van der Waals surface area contributed by atoms with Gasteiger partial charge in [-0.05, 0) is 47.3 Å². The molecule has 2 heterocycles. The third kappa shape index (κ3) is 4.17. The van der Waals surface area contributed by atoms with Gasteiger partial charge in [0.2, 0.25) is 5.91 Å². The van der Waals surface area contributed by atoms with E-state index in [0.717, 1.165) is 10.1 Å². The lowest BCUT2D eigenvalue weighted by atomic mass is 10.2. The van der Waals surface area contributed by atoms with Crippen molar-refractivity contribution in [3.05, 3.63) is 91.9 Å². The smallest absolute Gasteiger partial charge is 0.332 e. The number of nitrogens with zero attached hydrogens (tertiary/aromatic N) is 3. The molecule has 0 saturated carbocycles. The second kappa shape index (κ2) is 8.91. The van der Waals surface area contributed by atoms with Crippen LogP contribution in [0.1, 0.15) is 11.1 Å². The van der Waals surface area contributed by atoms with E-state index in [1.807, 2.05) is 6.07 Å². The van der Waals surface area contributed by atoms with E-state index in [4.69, 9.17) is 10.00 Å². The van der Waals surface area contributed by atoms with Gasteiger partial charge in [0.05, 0.1) is 30.8 Å². The zero-order chi connectivity index (χ0) is 22.7. The molecule has 1 amide bonds. The largest absolute Gasteiger partial charge is 0.497 e. The Kier molecular flexibility index (Phi) is 5.87. The second-order valence-corrected chi connectivity index (χ2v) is 7.90. The lowest BCUT2D eigenvalue weighted by molar-refractivity contribution is -0.116. The minimum atomic E-state index is -0.579. The van der Waals surface area contributed by atoms with Gasteiger partial charge in [-0.25, -0.2) is 4.79 Å². The summed E-state index contributed by atoms with van der Waals surface area (Å²) in [5, 5.41) is 13.4. The molecule has 0 aliphatic carbocycles. The minimum absolute atomic E-state index is 0.0501. The third-order valence-corrected chi connectivity index (χ3v) is 5.78. The summed E-state index contributed by atoms with van der Waals surface area (Å²) >= 11 is 1.22. The van der Waals surface area contributed by atoms with E-state index >= 15 is 0 Å². The molecular formula is C23H18N4O4S. The minimum Gasteiger partial charge on any atom is -0.497 e. The van der Waals surface area contributed by atoms with E-state index < -0.39 is 17.2 Å². The molecule has 4 rings (SSSR count). The highest BCUT2D eigenvalue weighted by Crippen LogP contribution is 2.17. The van der Waals surface area contributed by atoms with Crippen LogP contribution in [0.25, 0.3) is 10.2 Å². The topological polar surface area (TPSA) is 106 Å². The number of rotatable bonds is 6. The van der Waals surface area contributed by atoms with E-state index in [-0.39, 0.29) is 13.1 Å². The van der Waals surface area contributed by atoms with Crippen molar-refractivity contribution in [2.24, 2.45) is 0 Å². The average Bonchev–Trinajstić information content (AvgIpc) is 3.30. The monoisotopic (exact) mass is 446 g/mol. The van der Waals surface area contributed by atoms with Gasteiger partial charge >= 0.3 is 5.69 Å². The molecule has 0 radical (unpaired) electrons. The number of hydrogen-bond acceptors (Lipinski definition) is 6. The van der Waals surface area contributed by atoms with Crippen molar-refractivity contribution in [3.63, 3.8) is 0 Å². The highest BCUT2D eigenvalue weighted by molar-refractivity contribution is 7.17. The van der Waals surface area contributed by atoms with Crippen LogP contribution in [0.15, 0.2) is 69.6 Å². The van der Waals surface area contributed by atoms with Crippen LogP contribution >= 0.6 is 11.3 Å². The highest BCUT2D eigenvalue weighted by Gasteiger charge is 2.17. The summed E-state index contributed by atoms with van der Waals surface area (Å²) in [6, 6.07) is 17.3. The summed E-state index contributed by atoms with van der Waals surface area (Å²) in [6.07, 6.45) is 0. The fraction of sp³-hybridized carbons (Fsp3) is 0.130. The Labute approximate surface area is 186 Å². The van der Waals surface area contributed by atoms with Gasteiger partial charge in [0.15, 0.2) is 0 Å². The van der Waals surface area contributed by atoms with Crippen LogP contribution in [-0.4, -0.2) is 22.2 Å². The van der Waals surface area contributed by atoms with Crippen LogP contribution in [0.5, 0.6) is 5.75 Å². The molecule has 0 saturated heterocycles. The van der Waals surface area contributed by atoms with Crippen LogP contribution in [0.3, 0.4) is 0 Å². The molecule has 32 heavy (non-hydrogen) atoms. The van der Waals surface area contributed by atoms with Gasteiger partial charge in [0.25, 0.3) is 5.56 Å². The van der Waals surface area contributed by atoms with E-state index in [9.17, 15) is 14.4 Å². The van der Waals surface area contributed by atoms with Crippen molar-refractivity contribution >= 4 is 33.1 Å². The Bertz CT molecular complexity index is 1480. The quantitative estimate of drug-likeness (QED) is 0.490. The SMILES string of the molecule is COc1cccc(Cn2c(=O)c3sccc3n(CC(=O)Nc3cccc(C#N)c3)c2=O)c1. The molecule has 0 atom stereocenters. The third-order valence-electron chi connectivity index (χ3n) is 4.89. The fourth-order valence-electron chi connectivity index (χ4n) is 3.39. The van der Waals surface area contributed by atoms with Crippen molar-refractivity contribution in [1.82, 2.24) is 9.13 Å². The number of amides is 1. The Morgan fingerprint density at radius 1 is 1.12 bits per heavy atom. The Morgan fingerprint density at radius 3 is 2.72 bits per heavy atom. The summed E-state index contributed by atoms with van der Waals surface area (Å²) in [7, 11) is 1.54. The normalized spacial score (nSPS) is 10.6. The average molecular weight is 446 g/mol. The number of benzene rings is 2. The molecule has 0 aliphatic rings. The molecular weight excluding hydrogens is 428 g/mol. The van der Waals surface area contributed by atoms with Gasteiger partial charge in [0.1, 0.15) is 17.0 Å². The van der Waals surface area contributed by atoms with Crippen molar-refractivity contribution in [2.45, 2.75) is 13.1 Å². The molecule has 2 aromatic heterocycles.